The molecule has 1 fully saturated rings. The van der Waals surface area contributed by atoms with Crippen molar-refractivity contribution in [3.63, 3.8) is 0 Å². The van der Waals surface area contributed by atoms with Crippen LogP contribution in [0.5, 0.6) is 0 Å². The highest BCUT2D eigenvalue weighted by Gasteiger charge is 2.38. The minimum atomic E-state index is -0.541. The van der Waals surface area contributed by atoms with E-state index in [9.17, 15) is 5.11 Å². The lowest BCUT2D eigenvalue weighted by Crippen LogP contribution is -2.44. The maximum Gasteiger partial charge on any atom is 0.0783 e. The van der Waals surface area contributed by atoms with Crippen LogP contribution < -0.4 is 0 Å². The van der Waals surface area contributed by atoms with Crippen LogP contribution >= 0.6 is 27.7 Å². The molecule has 17 heavy (non-hydrogen) atoms. The second-order valence-corrected chi connectivity index (χ2v) is 7.76. The Hall–Kier alpha value is 0.01000. The van der Waals surface area contributed by atoms with Crippen molar-refractivity contribution < 1.29 is 5.11 Å². The van der Waals surface area contributed by atoms with E-state index in [1.165, 1.54) is 5.56 Å². The summed E-state index contributed by atoms with van der Waals surface area (Å²) in [6.07, 6.45) is 1.65. The number of halogens is 1. The van der Waals surface area contributed by atoms with Crippen molar-refractivity contribution in [1.82, 2.24) is 0 Å². The van der Waals surface area contributed by atoms with Crippen molar-refractivity contribution >= 4 is 27.7 Å². The molecule has 0 radical (unpaired) electrons. The Balaban J connectivity index is 2.09. The summed E-state index contributed by atoms with van der Waals surface area (Å²) in [5.74, 6) is 2.00. The average Bonchev–Trinajstić information content (AvgIpc) is 2.19. The van der Waals surface area contributed by atoms with Gasteiger partial charge in [0, 0.05) is 16.6 Å². The summed E-state index contributed by atoms with van der Waals surface area (Å²) in [7, 11) is 0. The third-order valence-electron chi connectivity index (χ3n) is 3.12. The number of hydrogen-bond acceptors (Lipinski definition) is 2. The van der Waals surface area contributed by atoms with Gasteiger partial charge in [-0.3, -0.25) is 0 Å². The molecule has 1 aliphatic heterocycles. The van der Waals surface area contributed by atoms with Crippen molar-refractivity contribution in [2.75, 3.05) is 11.5 Å². The van der Waals surface area contributed by atoms with Gasteiger partial charge in [0.1, 0.15) is 0 Å². The first-order valence-corrected chi connectivity index (χ1v) is 7.88. The van der Waals surface area contributed by atoms with Gasteiger partial charge in [-0.25, -0.2) is 0 Å². The van der Waals surface area contributed by atoms with Crippen molar-refractivity contribution in [2.45, 2.75) is 32.3 Å². The van der Waals surface area contributed by atoms with E-state index in [1.54, 1.807) is 0 Å². The van der Waals surface area contributed by atoms with Crippen LogP contribution in [-0.2, 0) is 6.42 Å². The minimum Gasteiger partial charge on any atom is -0.389 e. The normalized spacial score (nSPS) is 28.0. The Morgan fingerprint density at radius 2 is 1.88 bits per heavy atom. The highest BCUT2D eigenvalue weighted by Crippen LogP contribution is 2.40. The van der Waals surface area contributed by atoms with E-state index in [0.717, 1.165) is 28.8 Å². The van der Waals surface area contributed by atoms with Crippen molar-refractivity contribution in [1.29, 1.82) is 0 Å². The Bertz CT molecular complexity index is 388. The molecule has 0 aromatic heterocycles. The second-order valence-electron chi connectivity index (χ2n) is 5.86. The third-order valence-corrected chi connectivity index (χ3v) is 5.37. The molecule has 0 bridgehead atoms. The van der Waals surface area contributed by atoms with Crippen molar-refractivity contribution in [3.05, 3.63) is 34.3 Å². The van der Waals surface area contributed by atoms with Crippen LogP contribution in [0, 0.1) is 5.41 Å². The highest BCUT2D eigenvalue weighted by molar-refractivity contribution is 9.10. The van der Waals surface area contributed by atoms with Gasteiger partial charge in [0.25, 0.3) is 0 Å². The van der Waals surface area contributed by atoms with Gasteiger partial charge >= 0.3 is 0 Å². The van der Waals surface area contributed by atoms with Crippen LogP contribution in [0.4, 0.5) is 0 Å². The van der Waals surface area contributed by atoms with Gasteiger partial charge in [-0.1, -0.05) is 41.9 Å². The maximum absolute atomic E-state index is 10.7. The molecule has 1 atom stereocenters. The van der Waals surface area contributed by atoms with Crippen LogP contribution in [0.25, 0.3) is 0 Å². The zero-order chi connectivity index (χ0) is 12.5. The minimum absolute atomic E-state index is 0.243. The van der Waals surface area contributed by atoms with Gasteiger partial charge in [0.2, 0.25) is 0 Å². The molecule has 3 heteroatoms. The summed E-state index contributed by atoms with van der Waals surface area (Å²) in [6.45, 7) is 4.48. The summed E-state index contributed by atoms with van der Waals surface area (Å²) in [6, 6.07) is 8.27. The first-order valence-electron chi connectivity index (χ1n) is 5.93. The summed E-state index contributed by atoms with van der Waals surface area (Å²) in [4.78, 5) is 0. The Morgan fingerprint density at radius 3 is 2.47 bits per heavy atom. The van der Waals surface area contributed by atoms with E-state index in [0.29, 0.717) is 0 Å². The summed E-state index contributed by atoms with van der Waals surface area (Å²) in [5.41, 5.74) is 0.918. The van der Waals surface area contributed by atoms with E-state index < -0.39 is 5.60 Å². The smallest absolute Gasteiger partial charge is 0.0783 e. The molecular formula is C14H19BrOS. The predicted octanol–water partition coefficient (Wildman–Crippen LogP) is 3.89. The molecule has 1 aromatic carbocycles. The topological polar surface area (TPSA) is 20.2 Å². The molecule has 0 amide bonds. The molecule has 0 spiro atoms. The standard InChI is InChI=1S/C14H19BrOS/c1-13(2)8-14(16,10-17-9-13)7-11-3-5-12(15)6-4-11/h3-6,16H,7-10H2,1-2H3. The van der Waals surface area contributed by atoms with Crippen LogP contribution in [0.15, 0.2) is 28.7 Å². The Morgan fingerprint density at radius 1 is 1.24 bits per heavy atom. The summed E-state index contributed by atoms with van der Waals surface area (Å²) < 4.78 is 1.09. The lowest BCUT2D eigenvalue weighted by molar-refractivity contribution is 0.0200. The zero-order valence-corrected chi connectivity index (χ0v) is 12.8. The van der Waals surface area contributed by atoms with E-state index in [2.05, 4.69) is 41.9 Å². The number of thioether (sulfide) groups is 1. The average molecular weight is 315 g/mol. The largest absolute Gasteiger partial charge is 0.389 e. The summed E-state index contributed by atoms with van der Waals surface area (Å²) in [5, 5.41) is 10.7. The highest BCUT2D eigenvalue weighted by atomic mass is 79.9. The van der Waals surface area contributed by atoms with Gasteiger partial charge in [-0.05, 0) is 35.3 Å². The van der Waals surface area contributed by atoms with Crippen LogP contribution in [0.2, 0.25) is 0 Å². The van der Waals surface area contributed by atoms with Gasteiger partial charge < -0.3 is 5.11 Å². The molecule has 94 valence electrons. The van der Waals surface area contributed by atoms with Gasteiger partial charge in [0.15, 0.2) is 0 Å². The molecule has 1 N–H and O–H groups in total. The number of hydrogen-bond donors (Lipinski definition) is 1. The molecule has 1 unspecified atom stereocenters. The SMILES string of the molecule is CC1(C)CSCC(O)(Cc2ccc(Br)cc2)C1. The third kappa shape index (κ3) is 3.73. The fourth-order valence-electron chi connectivity index (χ4n) is 2.61. The number of rotatable bonds is 2. The molecule has 0 saturated carbocycles. The molecule has 2 rings (SSSR count). The summed E-state index contributed by atoms with van der Waals surface area (Å²) >= 11 is 5.31. The zero-order valence-electron chi connectivity index (χ0n) is 10.4. The van der Waals surface area contributed by atoms with Crippen LogP contribution in [0.3, 0.4) is 0 Å². The first-order chi connectivity index (χ1) is 7.89. The quantitative estimate of drug-likeness (QED) is 0.893. The maximum atomic E-state index is 10.7. The molecule has 1 aromatic rings. The van der Waals surface area contributed by atoms with Crippen LogP contribution in [-0.4, -0.2) is 22.2 Å². The van der Waals surface area contributed by atoms with Crippen molar-refractivity contribution in [2.24, 2.45) is 5.41 Å². The fraction of sp³-hybridized carbons (Fsp3) is 0.571. The van der Waals surface area contributed by atoms with Gasteiger partial charge in [0.05, 0.1) is 5.60 Å². The second kappa shape index (κ2) is 4.94. The molecule has 0 aliphatic carbocycles. The Kier molecular flexibility index (Phi) is 3.91. The monoisotopic (exact) mass is 314 g/mol. The number of aliphatic hydroxyl groups is 1. The van der Waals surface area contributed by atoms with Crippen LogP contribution in [0.1, 0.15) is 25.8 Å². The molecule has 1 aliphatic rings. The molecule has 1 nitrogen and oxygen atoms in total. The van der Waals surface area contributed by atoms with Crippen molar-refractivity contribution in [3.8, 4) is 0 Å². The van der Waals surface area contributed by atoms with E-state index >= 15 is 0 Å². The lowest BCUT2D eigenvalue weighted by atomic mass is 9.79. The van der Waals surface area contributed by atoms with E-state index in [1.807, 2.05) is 23.9 Å². The lowest BCUT2D eigenvalue weighted by Gasteiger charge is -2.41. The Labute approximate surface area is 116 Å². The molecule has 1 saturated heterocycles. The van der Waals surface area contributed by atoms with Gasteiger partial charge in [-0.15, -0.1) is 0 Å². The predicted molar refractivity (Wildman–Crippen MR) is 78.5 cm³/mol. The molecule has 1 heterocycles. The number of benzene rings is 1. The molecular weight excluding hydrogens is 296 g/mol. The fourth-order valence-corrected chi connectivity index (χ4v) is 4.21. The van der Waals surface area contributed by atoms with Gasteiger partial charge in [-0.2, -0.15) is 11.8 Å². The van der Waals surface area contributed by atoms with E-state index in [-0.39, 0.29) is 5.41 Å². The van der Waals surface area contributed by atoms with E-state index in [4.69, 9.17) is 0 Å². The first kappa shape index (κ1) is 13.4.